The van der Waals surface area contributed by atoms with Crippen LogP contribution in [0.25, 0.3) is 0 Å². The summed E-state index contributed by atoms with van der Waals surface area (Å²) in [4.78, 5) is 41.3. The van der Waals surface area contributed by atoms with Crippen molar-refractivity contribution >= 4 is 29.3 Å². The van der Waals surface area contributed by atoms with Crippen LogP contribution in [0.5, 0.6) is 0 Å². The molecule has 0 aliphatic carbocycles. The highest BCUT2D eigenvalue weighted by molar-refractivity contribution is 6.30. The first-order valence-corrected chi connectivity index (χ1v) is 10.3. The molecule has 0 aromatic heterocycles. The Balaban J connectivity index is 2.06. The number of halogens is 1. The van der Waals surface area contributed by atoms with Crippen molar-refractivity contribution in [3.63, 3.8) is 0 Å². The molecular weight excluding hydrogens is 378 g/mol. The van der Waals surface area contributed by atoms with Crippen LogP contribution in [-0.4, -0.2) is 59.7 Å². The molecule has 1 fully saturated rings. The van der Waals surface area contributed by atoms with Crippen LogP contribution in [0.15, 0.2) is 24.3 Å². The van der Waals surface area contributed by atoms with Gasteiger partial charge in [0.25, 0.3) is 5.91 Å². The Bertz CT molecular complexity index is 691. The van der Waals surface area contributed by atoms with Crippen LogP contribution in [0.4, 0.5) is 0 Å². The summed E-state index contributed by atoms with van der Waals surface area (Å²) < 4.78 is 0. The molecule has 0 saturated carbocycles. The summed E-state index contributed by atoms with van der Waals surface area (Å²) in [6.45, 7) is 8.20. The van der Waals surface area contributed by atoms with Crippen molar-refractivity contribution in [3.8, 4) is 0 Å². The molecule has 1 aliphatic heterocycles. The molecule has 1 aromatic rings. The number of hydrogen-bond acceptors (Lipinski definition) is 3. The van der Waals surface area contributed by atoms with E-state index in [0.29, 0.717) is 49.6 Å². The molecule has 1 saturated heterocycles. The summed E-state index contributed by atoms with van der Waals surface area (Å²) in [7, 11) is 0. The molecular formula is C21H30ClN3O3. The SMILES string of the molecule is CCC(=O)N1CCCN(C(=O)C(CC(C)C)NC(=O)c2ccc(Cl)cc2)CC1. The number of rotatable bonds is 6. The Morgan fingerprint density at radius 2 is 1.64 bits per heavy atom. The van der Waals surface area contributed by atoms with E-state index in [1.807, 2.05) is 25.7 Å². The Morgan fingerprint density at radius 3 is 2.25 bits per heavy atom. The molecule has 1 aliphatic rings. The summed E-state index contributed by atoms with van der Waals surface area (Å²) in [6, 6.07) is 6.02. The molecule has 1 atom stereocenters. The quantitative estimate of drug-likeness (QED) is 0.788. The van der Waals surface area contributed by atoms with Gasteiger partial charge < -0.3 is 15.1 Å². The molecule has 1 aromatic carbocycles. The van der Waals surface area contributed by atoms with Gasteiger partial charge >= 0.3 is 0 Å². The Hall–Kier alpha value is -2.08. The van der Waals surface area contributed by atoms with Crippen LogP contribution in [-0.2, 0) is 9.59 Å². The first-order chi connectivity index (χ1) is 13.3. The maximum absolute atomic E-state index is 13.1. The van der Waals surface area contributed by atoms with Crippen LogP contribution < -0.4 is 5.32 Å². The number of nitrogens with one attached hydrogen (secondary N) is 1. The van der Waals surface area contributed by atoms with Gasteiger partial charge in [0.1, 0.15) is 6.04 Å². The Kier molecular flexibility index (Phi) is 8.30. The first-order valence-electron chi connectivity index (χ1n) is 9.94. The van der Waals surface area contributed by atoms with E-state index in [1.165, 1.54) is 0 Å². The second kappa shape index (κ2) is 10.5. The van der Waals surface area contributed by atoms with Crippen molar-refractivity contribution in [2.75, 3.05) is 26.2 Å². The van der Waals surface area contributed by atoms with Crippen LogP contribution >= 0.6 is 11.6 Å². The van der Waals surface area contributed by atoms with Crippen molar-refractivity contribution in [2.45, 2.75) is 46.1 Å². The predicted molar refractivity (Wildman–Crippen MR) is 110 cm³/mol. The average molecular weight is 408 g/mol. The van der Waals surface area contributed by atoms with Crippen molar-refractivity contribution in [2.24, 2.45) is 5.92 Å². The van der Waals surface area contributed by atoms with Crippen LogP contribution in [0, 0.1) is 5.92 Å². The summed E-state index contributed by atoms with van der Waals surface area (Å²) in [6.07, 6.45) is 1.78. The minimum absolute atomic E-state index is 0.0817. The Morgan fingerprint density at radius 1 is 1.04 bits per heavy atom. The molecule has 1 heterocycles. The van der Waals surface area contributed by atoms with Gasteiger partial charge in [-0.2, -0.15) is 0 Å². The third-order valence-electron chi connectivity index (χ3n) is 4.88. The van der Waals surface area contributed by atoms with Gasteiger partial charge in [-0.05, 0) is 43.0 Å². The summed E-state index contributed by atoms with van der Waals surface area (Å²) >= 11 is 5.88. The maximum atomic E-state index is 13.1. The largest absolute Gasteiger partial charge is 0.341 e. The average Bonchev–Trinajstić information content (AvgIpc) is 2.92. The zero-order chi connectivity index (χ0) is 20.7. The molecule has 1 unspecified atom stereocenters. The molecule has 0 radical (unpaired) electrons. The fourth-order valence-corrected chi connectivity index (χ4v) is 3.49. The fraction of sp³-hybridized carbons (Fsp3) is 0.571. The van der Waals surface area contributed by atoms with Gasteiger partial charge in [-0.25, -0.2) is 0 Å². The second-order valence-electron chi connectivity index (χ2n) is 7.58. The summed E-state index contributed by atoms with van der Waals surface area (Å²) in [5.74, 6) is 0.00349. The summed E-state index contributed by atoms with van der Waals surface area (Å²) in [5, 5.41) is 3.45. The van der Waals surface area contributed by atoms with E-state index < -0.39 is 6.04 Å². The lowest BCUT2D eigenvalue weighted by Crippen LogP contribution is -2.50. The number of carbonyl (C=O) groups excluding carboxylic acids is 3. The standard InChI is InChI=1S/C21H30ClN3O3/c1-4-19(26)24-10-5-11-25(13-12-24)21(28)18(14-15(2)3)23-20(27)16-6-8-17(22)9-7-16/h6-9,15,18H,4-5,10-14H2,1-3H3,(H,23,27). The highest BCUT2D eigenvalue weighted by atomic mass is 35.5. The van der Waals surface area contributed by atoms with Gasteiger partial charge in [0.15, 0.2) is 0 Å². The van der Waals surface area contributed by atoms with E-state index >= 15 is 0 Å². The molecule has 0 spiro atoms. The highest BCUT2D eigenvalue weighted by Gasteiger charge is 2.29. The van der Waals surface area contributed by atoms with Crippen LogP contribution in [0.2, 0.25) is 5.02 Å². The molecule has 0 bridgehead atoms. The van der Waals surface area contributed by atoms with E-state index in [0.717, 1.165) is 6.42 Å². The smallest absolute Gasteiger partial charge is 0.251 e. The first kappa shape index (κ1) is 22.2. The number of amides is 3. The minimum Gasteiger partial charge on any atom is -0.341 e. The molecule has 6 nitrogen and oxygen atoms in total. The number of nitrogens with zero attached hydrogens (tertiary/aromatic N) is 2. The predicted octanol–water partition coefficient (Wildman–Crippen LogP) is 2.96. The van der Waals surface area contributed by atoms with Gasteiger partial charge in [-0.1, -0.05) is 32.4 Å². The lowest BCUT2D eigenvalue weighted by molar-refractivity contribution is -0.134. The van der Waals surface area contributed by atoms with Gasteiger partial charge in [-0.3, -0.25) is 14.4 Å². The van der Waals surface area contributed by atoms with Crippen molar-refractivity contribution in [3.05, 3.63) is 34.9 Å². The fourth-order valence-electron chi connectivity index (χ4n) is 3.37. The van der Waals surface area contributed by atoms with Crippen LogP contribution in [0.3, 0.4) is 0 Å². The van der Waals surface area contributed by atoms with Crippen molar-refractivity contribution < 1.29 is 14.4 Å². The molecule has 7 heteroatoms. The monoisotopic (exact) mass is 407 g/mol. The molecule has 1 N–H and O–H groups in total. The van der Waals surface area contributed by atoms with E-state index in [2.05, 4.69) is 5.32 Å². The third kappa shape index (κ3) is 6.23. The topological polar surface area (TPSA) is 69.7 Å². The molecule has 2 rings (SSSR count). The zero-order valence-corrected chi connectivity index (χ0v) is 17.7. The summed E-state index contributed by atoms with van der Waals surface area (Å²) in [5.41, 5.74) is 0.474. The lowest BCUT2D eigenvalue weighted by atomic mass is 10.0. The van der Waals surface area contributed by atoms with E-state index in [4.69, 9.17) is 11.6 Å². The van der Waals surface area contributed by atoms with Crippen molar-refractivity contribution in [1.29, 1.82) is 0 Å². The third-order valence-corrected chi connectivity index (χ3v) is 5.13. The number of hydrogen-bond donors (Lipinski definition) is 1. The number of carbonyl (C=O) groups is 3. The highest BCUT2D eigenvalue weighted by Crippen LogP contribution is 2.14. The van der Waals surface area contributed by atoms with Gasteiger partial charge in [0.05, 0.1) is 0 Å². The molecule has 28 heavy (non-hydrogen) atoms. The van der Waals surface area contributed by atoms with E-state index in [-0.39, 0.29) is 23.6 Å². The second-order valence-corrected chi connectivity index (χ2v) is 8.01. The minimum atomic E-state index is -0.586. The van der Waals surface area contributed by atoms with Gasteiger partial charge in [0, 0.05) is 43.2 Å². The van der Waals surface area contributed by atoms with Gasteiger partial charge in [0.2, 0.25) is 11.8 Å². The van der Waals surface area contributed by atoms with Gasteiger partial charge in [-0.15, -0.1) is 0 Å². The molecule has 3 amide bonds. The van der Waals surface area contributed by atoms with E-state index in [9.17, 15) is 14.4 Å². The normalized spacial score (nSPS) is 15.9. The van der Waals surface area contributed by atoms with Crippen molar-refractivity contribution in [1.82, 2.24) is 15.1 Å². The number of benzene rings is 1. The van der Waals surface area contributed by atoms with E-state index in [1.54, 1.807) is 29.2 Å². The maximum Gasteiger partial charge on any atom is 0.251 e. The zero-order valence-electron chi connectivity index (χ0n) is 16.9. The Labute approximate surface area is 172 Å². The van der Waals surface area contributed by atoms with Crippen LogP contribution in [0.1, 0.15) is 50.4 Å². The lowest BCUT2D eigenvalue weighted by Gasteiger charge is -2.28. The molecule has 154 valence electrons.